The molecular formula is C14H14Cl2N2O4S2. The van der Waals surface area contributed by atoms with Crippen molar-refractivity contribution in [1.82, 2.24) is 0 Å². The van der Waals surface area contributed by atoms with Crippen LogP contribution in [0.1, 0.15) is 0 Å². The van der Waals surface area contributed by atoms with Crippen LogP contribution in [0.25, 0.3) is 0 Å². The molecule has 0 radical (unpaired) electrons. The van der Waals surface area contributed by atoms with Crippen molar-refractivity contribution in [3.8, 4) is 0 Å². The molecule has 2 atom stereocenters. The van der Waals surface area contributed by atoms with E-state index in [9.17, 15) is 13.2 Å². The molecule has 10 heteroatoms. The quantitative estimate of drug-likeness (QED) is 0.762. The summed E-state index contributed by atoms with van der Waals surface area (Å²) in [5.41, 5.74) is 0.547. The first-order chi connectivity index (χ1) is 11.3. The maximum Gasteiger partial charge on any atom is 0.274 e. The normalized spacial score (nSPS) is 26.8. The molecule has 6 nitrogen and oxygen atoms in total. The van der Waals surface area contributed by atoms with Gasteiger partial charge in [-0.25, -0.2) is 8.42 Å². The number of aliphatic imine (C=N–C) groups is 1. The summed E-state index contributed by atoms with van der Waals surface area (Å²) >= 11 is 13.6. The van der Waals surface area contributed by atoms with Crippen molar-refractivity contribution in [1.29, 1.82) is 0 Å². The number of hydrogen-bond acceptors (Lipinski definition) is 5. The van der Waals surface area contributed by atoms with Gasteiger partial charge in [-0.2, -0.15) is 4.99 Å². The maximum absolute atomic E-state index is 12.0. The van der Waals surface area contributed by atoms with Crippen LogP contribution in [0.3, 0.4) is 0 Å². The number of sulfone groups is 1. The Bertz CT molecular complexity index is 813. The van der Waals surface area contributed by atoms with Crippen molar-refractivity contribution in [3.63, 3.8) is 0 Å². The molecule has 2 heterocycles. The van der Waals surface area contributed by atoms with Gasteiger partial charge < -0.3 is 9.64 Å². The predicted octanol–water partition coefficient (Wildman–Crippen LogP) is 2.24. The van der Waals surface area contributed by atoms with E-state index in [0.29, 0.717) is 20.9 Å². The molecule has 130 valence electrons. The lowest BCUT2D eigenvalue weighted by Crippen LogP contribution is -2.38. The molecule has 3 rings (SSSR count). The number of rotatable bonds is 3. The van der Waals surface area contributed by atoms with E-state index in [4.69, 9.17) is 27.9 Å². The number of benzene rings is 1. The van der Waals surface area contributed by atoms with Crippen LogP contribution in [0.4, 0.5) is 5.69 Å². The van der Waals surface area contributed by atoms with Gasteiger partial charge >= 0.3 is 0 Å². The van der Waals surface area contributed by atoms with Crippen LogP contribution in [0.15, 0.2) is 23.2 Å². The SMILES string of the molecule is COCC(=O)N=C1S[C@@H]2CS(=O)(=O)C[C@@H]2N1c1cc(Cl)ccc1Cl. The Morgan fingerprint density at radius 3 is 2.88 bits per heavy atom. The minimum atomic E-state index is -3.13. The second-order valence-electron chi connectivity index (χ2n) is 5.49. The molecule has 0 aromatic heterocycles. The van der Waals surface area contributed by atoms with Gasteiger partial charge in [0.25, 0.3) is 5.91 Å². The zero-order chi connectivity index (χ0) is 17.5. The topological polar surface area (TPSA) is 76.0 Å². The zero-order valence-corrected chi connectivity index (χ0v) is 15.8. The van der Waals surface area contributed by atoms with Crippen LogP contribution < -0.4 is 4.90 Å². The highest BCUT2D eigenvalue weighted by Crippen LogP contribution is 2.43. The van der Waals surface area contributed by atoms with E-state index in [-0.39, 0.29) is 29.4 Å². The lowest BCUT2D eigenvalue weighted by Gasteiger charge is -2.25. The van der Waals surface area contributed by atoms with Crippen molar-refractivity contribution in [2.24, 2.45) is 4.99 Å². The Hall–Kier alpha value is -0.800. The van der Waals surface area contributed by atoms with E-state index < -0.39 is 15.7 Å². The smallest absolute Gasteiger partial charge is 0.274 e. The summed E-state index contributed by atoms with van der Waals surface area (Å²) in [5, 5.41) is 1.10. The molecule has 2 saturated heterocycles. The predicted molar refractivity (Wildman–Crippen MR) is 97.1 cm³/mol. The van der Waals surface area contributed by atoms with Crippen molar-refractivity contribution in [2.45, 2.75) is 11.3 Å². The van der Waals surface area contributed by atoms with Crippen LogP contribution in [-0.4, -0.2) is 56.0 Å². The summed E-state index contributed by atoms with van der Waals surface area (Å²) in [6, 6.07) is 4.60. The first-order valence-electron chi connectivity index (χ1n) is 7.02. The van der Waals surface area contributed by atoms with Crippen LogP contribution in [0.2, 0.25) is 10.0 Å². The van der Waals surface area contributed by atoms with Gasteiger partial charge in [-0.3, -0.25) is 4.79 Å². The van der Waals surface area contributed by atoms with Gasteiger partial charge in [0.15, 0.2) is 15.0 Å². The van der Waals surface area contributed by atoms with Gasteiger partial charge in [0, 0.05) is 17.4 Å². The summed E-state index contributed by atoms with van der Waals surface area (Å²) in [5.74, 6) is -0.398. The Kier molecular flexibility index (Phi) is 5.13. The van der Waals surface area contributed by atoms with Crippen molar-refractivity contribution in [2.75, 3.05) is 30.1 Å². The molecule has 0 bridgehead atoms. The van der Waals surface area contributed by atoms with Gasteiger partial charge in [-0.15, -0.1) is 0 Å². The molecule has 0 aliphatic carbocycles. The molecule has 0 spiro atoms. The number of amides is 1. The maximum atomic E-state index is 12.0. The van der Waals surface area contributed by atoms with Gasteiger partial charge in [-0.05, 0) is 18.2 Å². The van der Waals surface area contributed by atoms with Crippen LogP contribution in [0, 0.1) is 0 Å². The van der Waals surface area contributed by atoms with Gasteiger partial charge in [0.2, 0.25) is 0 Å². The van der Waals surface area contributed by atoms with Gasteiger partial charge in [-0.1, -0.05) is 35.0 Å². The summed E-state index contributed by atoms with van der Waals surface area (Å²) in [4.78, 5) is 17.6. The number of amidine groups is 1. The fourth-order valence-electron chi connectivity index (χ4n) is 2.78. The average molecular weight is 409 g/mol. The second kappa shape index (κ2) is 6.84. The minimum Gasteiger partial charge on any atom is -0.375 e. The molecule has 2 aliphatic rings. The molecule has 1 aromatic rings. The Balaban J connectivity index is 2.04. The first kappa shape index (κ1) is 18.0. The highest BCUT2D eigenvalue weighted by molar-refractivity contribution is 8.16. The summed E-state index contributed by atoms with van der Waals surface area (Å²) < 4.78 is 28.8. The Morgan fingerprint density at radius 1 is 1.42 bits per heavy atom. The van der Waals surface area contributed by atoms with E-state index in [2.05, 4.69) is 4.99 Å². The van der Waals surface area contributed by atoms with Crippen molar-refractivity contribution < 1.29 is 17.9 Å². The van der Waals surface area contributed by atoms with Crippen LogP contribution in [-0.2, 0) is 19.4 Å². The van der Waals surface area contributed by atoms with Crippen molar-refractivity contribution >= 4 is 61.6 Å². The minimum absolute atomic E-state index is 0.00893. The summed E-state index contributed by atoms with van der Waals surface area (Å²) in [7, 11) is -1.73. The van der Waals surface area contributed by atoms with E-state index in [0.717, 1.165) is 0 Å². The zero-order valence-electron chi connectivity index (χ0n) is 12.6. The van der Waals surface area contributed by atoms with Gasteiger partial charge in [0.05, 0.1) is 28.3 Å². The fourth-order valence-corrected chi connectivity index (χ4v) is 7.08. The molecule has 0 saturated carbocycles. The van der Waals surface area contributed by atoms with E-state index in [1.54, 1.807) is 23.1 Å². The summed E-state index contributed by atoms with van der Waals surface area (Å²) in [6.07, 6.45) is 0. The molecular weight excluding hydrogens is 395 g/mol. The lowest BCUT2D eigenvalue weighted by molar-refractivity contribution is -0.121. The third kappa shape index (κ3) is 3.57. The molecule has 0 N–H and O–H groups in total. The number of nitrogens with zero attached hydrogens (tertiary/aromatic N) is 2. The number of hydrogen-bond donors (Lipinski definition) is 0. The molecule has 24 heavy (non-hydrogen) atoms. The Labute approximate surface area is 154 Å². The number of anilines is 1. The second-order valence-corrected chi connectivity index (χ2v) is 9.69. The largest absolute Gasteiger partial charge is 0.375 e. The van der Waals surface area contributed by atoms with E-state index >= 15 is 0 Å². The number of ether oxygens (including phenoxy) is 1. The van der Waals surface area contributed by atoms with E-state index in [1.165, 1.54) is 18.9 Å². The third-order valence-electron chi connectivity index (χ3n) is 3.72. The molecule has 2 fully saturated rings. The third-order valence-corrected chi connectivity index (χ3v) is 7.49. The first-order valence-corrected chi connectivity index (χ1v) is 10.5. The summed E-state index contributed by atoms with van der Waals surface area (Å²) in [6.45, 7) is -0.144. The number of thioether (sulfide) groups is 1. The average Bonchev–Trinajstić information content (AvgIpc) is 2.93. The standard InChI is InChI=1S/C14H14Cl2N2O4S2/c1-22-5-13(19)17-14-18(10-4-8(15)2-3-9(10)16)11-6-24(20,21)7-12(11)23-14/h2-4,11-12H,5-7H2,1H3/t11-,12+/m0/s1. The van der Waals surface area contributed by atoms with Crippen LogP contribution in [0.5, 0.6) is 0 Å². The highest BCUT2D eigenvalue weighted by Gasteiger charge is 2.49. The number of halogens is 2. The molecule has 0 unspecified atom stereocenters. The number of fused-ring (bicyclic) bond motifs is 1. The molecule has 1 aromatic carbocycles. The number of carbonyl (C=O) groups excluding carboxylic acids is 1. The van der Waals surface area contributed by atoms with Crippen LogP contribution >= 0.6 is 35.0 Å². The monoisotopic (exact) mass is 408 g/mol. The fraction of sp³-hybridized carbons (Fsp3) is 0.429. The molecule has 2 aliphatic heterocycles. The Morgan fingerprint density at radius 2 is 2.17 bits per heavy atom. The van der Waals surface area contributed by atoms with Gasteiger partial charge in [0.1, 0.15) is 6.61 Å². The number of carbonyl (C=O) groups is 1. The highest BCUT2D eigenvalue weighted by atomic mass is 35.5. The van der Waals surface area contributed by atoms with E-state index in [1.807, 2.05) is 0 Å². The van der Waals surface area contributed by atoms with Crippen molar-refractivity contribution in [3.05, 3.63) is 28.2 Å². The molecule has 1 amide bonds. The lowest BCUT2D eigenvalue weighted by atomic mass is 10.2. The number of methoxy groups -OCH3 is 1.